The molecule has 0 saturated carbocycles. The summed E-state index contributed by atoms with van der Waals surface area (Å²) in [5, 5.41) is 19.2. The fraction of sp³-hybridized carbons (Fsp3) is 0.304. The van der Waals surface area contributed by atoms with Crippen LogP contribution < -0.4 is 4.84 Å². The highest BCUT2D eigenvalue weighted by atomic mass is 16.7. The van der Waals surface area contributed by atoms with E-state index in [1.54, 1.807) is 4.90 Å². The number of aromatic nitrogens is 2. The molecule has 2 aromatic heterocycles. The molecular formula is C23H26N4O4. The van der Waals surface area contributed by atoms with Crippen LogP contribution in [0.1, 0.15) is 17.0 Å². The number of amides is 1. The Labute approximate surface area is 180 Å². The first-order valence-corrected chi connectivity index (χ1v) is 10.2. The van der Waals surface area contributed by atoms with Crippen molar-refractivity contribution in [3.63, 3.8) is 0 Å². The lowest BCUT2D eigenvalue weighted by Gasteiger charge is -2.33. The molecule has 0 radical (unpaired) electrons. The number of piperazine rings is 1. The second kappa shape index (κ2) is 8.69. The predicted molar refractivity (Wildman–Crippen MR) is 116 cm³/mol. The minimum absolute atomic E-state index is 0.333. The van der Waals surface area contributed by atoms with E-state index in [2.05, 4.69) is 48.2 Å². The Morgan fingerprint density at radius 1 is 1.00 bits per heavy atom. The molecule has 31 heavy (non-hydrogen) atoms. The molecule has 0 unspecified atom stereocenters. The number of pyridine rings is 1. The SMILES string of the molecule is Cc1cccc(-c2ccc(CN3CCN(C(=O)On4c(O)ccc4O)CC3)nc2C)c1. The molecule has 0 atom stereocenters. The molecule has 1 saturated heterocycles. The Balaban J connectivity index is 1.33. The highest BCUT2D eigenvalue weighted by molar-refractivity contribution is 5.68. The first-order valence-electron chi connectivity index (χ1n) is 10.2. The molecule has 0 aliphatic carbocycles. The molecule has 0 spiro atoms. The zero-order valence-corrected chi connectivity index (χ0v) is 17.7. The summed E-state index contributed by atoms with van der Waals surface area (Å²) in [6, 6.07) is 15.1. The lowest BCUT2D eigenvalue weighted by atomic mass is 10.0. The molecule has 1 aromatic carbocycles. The van der Waals surface area contributed by atoms with Crippen molar-refractivity contribution in [1.29, 1.82) is 0 Å². The summed E-state index contributed by atoms with van der Waals surface area (Å²) in [5.74, 6) is -0.667. The second-order valence-corrected chi connectivity index (χ2v) is 7.77. The molecule has 162 valence electrons. The fourth-order valence-corrected chi connectivity index (χ4v) is 3.77. The summed E-state index contributed by atoms with van der Waals surface area (Å²) >= 11 is 0. The van der Waals surface area contributed by atoms with Gasteiger partial charge < -0.3 is 20.0 Å². The first kappa shape index (κ1) is 20.7. The van der Waals surface area contributed by atoms with Crippen LogP contribution >= 0.6 is 0 Å². The standard InChI is InChI=1S/C23H26N4O4/c1-16-4-3-5-18(14-16)20-7-6-19(24-17(20)2)15-25-10-12-26(13-11-25)23(30)31-27-21(28)8-9-22(27)29/h3-9,14,28-29H,10-13,15H2,1-2H3. The summed E-state index contributed by atoms with van der Waals surface area (Å²) in [6.45, 7) is 7.15. The third-order valence-corrected chi connectivity index (χ3v) is 5.46. The van der Waals surface area contributed by atoms with E-state index in [4.69, 9.17) is 9.82 Å². The molecule has 0 bridgehead atoms. The lowest BCUT2D eigenvalue weighted by Crippen LogP contribution is -2.50. The van der Waals surface area contributed by atoms with Gasteiger partial charge in [0, 0.05) is 56.1 Å². The molecule has 8 heteroatoms. The second-order valence-electron chi connectivity index (χ2n) is 7.77. The van der Waals surface area contributed by atoms with Gasteiger partial charge in [0.2, 0.25) is 11.8 Å². The van der Waals surface area contributed by atoms with Crippen LogP contribution in [0.3, 0.4) is 0 Å². The summed E-state index contributed by atoms with van der Waals surface area (Å²) in [4.78, 5) is 25.9. The van der Waals surface area contributed by atoms with Crippen molar-refractivity contribution < 1.29 is 19.8 Å². The molecule has 1 aliphatic rings. The topological polar surface area (TPSA) is 91.1 Å². The van der Waals surface area contributed by atoms with Gasteiger partial charge in [0.05, 0.1) is 5.69 Å². The summed E-state index contributed by atoms with van der Waals surface area (Å²) in [7, 11) is 0. The maximum Gasteiger partial charge on any atom is 0.434 e. The van der Waals surface area contributed by atoms with Crippen LogP contribution in [0.25, 0.3) is 11.1 Å². The van der Waals surface area contributed by atoms with Crippen molar-refractivity contribution in [2.24, 2.45) is 0 Å². The van der Waals surface area contributed by atoms with E-state index in [-0.39, 0.29) is 11.8 Å². The molecule has 8 nitrogen and oxygen atoms in total. The molecule has 2 N–H and O–H groups in total. The van der Waals surface area contributed by atoms with Gasteiger partial charge in [0.25, 0.3) is 0 Å². The third-order valence-electron chi connectivity index (χ3n) is 5.46. The first-order chi connectivity index (χ1) is 14.9. The number of aryl methyl sites for hydroxylation is 2. The predicted octanol–water partition coefficient (Wildman–Crippen LogP) is 2.94. The van der Waals surface area contributed by atoms with Crippen molar-refractivity contribution in [1.82, 2.24) is 19.5 Å². The number of hydrogen-bond acceptors (Lipinski definition) is 6. The maximum atomic E-state index is 12.3. The van der Waals surface area contributed by atoms with E-state index in [1.807, 2.05) is 6.92 Å². The van der Waals surface area contributed by atoms with Crippen LogP contribution in [0.2, 0.25) is 0 Å². The normalized spacial score (nSPS) is 14.6. The lowest BCUT2D eigenvalue weighted by molar-refractivity contribution is 0.0553. The maximum absolute atomic E-state index is 12.3. The van der Waals surface area contributed by atoms with Crippen LogP contribution in [0.5, 0.6) is 11.8 Å². The zero-order chi connectivity index (χ0) is 22.0. The van der Waals surface area contributed by atoms with Crippen molar-refractivity contribution in [3.05, 3.63) is 65.5 Å². The number of carbonyl (C=O) groups excluding carboxylic acids is 1. The third kappa shape index (κ3) is 4.64. The number of carbonyl (C=O) groups is 1. The fourth-order valence-electron chi connectivity index (χ4n) is 3.77. The van der Waals surface area contributed by atoms with Crippen molar-refractivity contribution in [2.75, 3.05) is 26.2 Å². The monoisotopic (exact) mass is 422 g/mol. The van der Waals surface area contributed by atoms with Crippen molar-refractivity contribution in [2.45, 2.75) is 20.4 Å². The van der Waals surface area contributed by atoms with Crippen LogP contribution in [0, 0.1) is 13.8 Å². The number of aromatic hydroxyl groups is 2. The van der Waals surface area contributed by atoms with Crippen molar-refractivity contribution in [3.8, 4) is 22.9 Å². The summed E-state index contributed by atoms with van der Waals surface area (Å²) in [6.07, 6.45) is -0.613. The van der Waals surface area contributed by atoms with Gasteiger partial charge >= 0.3 is 6.09 Å². The average Bonchev–Trinajstić information content (AvgIpc) is 3.06. The van der Waals surface area contributed by atoms with Gasteiger partial charge in [-0.05, 0) is 25.5 Å². The molecule has 4 rings (SSSR count). The van der Waals surface area contributed by atoms with Crippen LogP contribution in [0.4, 0.5) is 4.79 Å². The van der Waals surface area contributed by atoms with E-state index in [1.165, 1.54) is 23.3 Å². The Kier molecular flexibility index (Phi) is 5.81. The van der Waals surface area contributed by atoms with E-state index < -0.39 is 6.09 Å². The van der Waals surface area contributed by atoms with E-state index in [0.717, 1.165) is 17.0 Å². The zero-order valence-electron chi connectivity index (χ0n) is 17.7. The molecule has 3 aromatic rings. The highest BCUT2D eigenvalue weighted by Crippen LogP contribution is 2.24. The molecule has 1 aliphatic heterocycles. The number of rotatable bonds is 4. The Morgan fingerprint density at radius 3 is 2.35 bits per heavy atom. The molecule has 3 heterocycles. The van der Waals surface area contributed by atoms with Crippen molar-refractivity contribution >= 4 is 6.09 Å². The van der Waals surface area contributed by atoms with Gasteiger partial charge in [-0.15, -0.1) is 4.73 Å². The van der Waals surface area contributed by atoms with E-state index in [0.29, 0.717) is 37.5 Å². The van der Waals surface area contributed by atoms with E-state index in [9.17, 15) is 15.0 Å². The minimum atomic E-state index is -0.613. The average molecular weight is 422 g/mol. The molecular weight excluding hydrogens is 396 g/mol. The number of hydrogen-bond donors (Lipinski definition) is 2. The van der Waals surface area contributed by atoms with Gasteiger partial charge in [-0.3, -0.25) is 9.88 Å². The molecule has 1 fully saturated rings. The smallest absolute Gasteiger partial charge is 0.434 e. The minimum Gasteiger partial charge on any atom is -0.492 e. The number of benzene rings is 1. The largest absolute Gasteiger partial charge is 0.492 e. The number of nitrogens with zero attached hydrogens (tertiary/aromatic N) is 4. The van der Waals surface area contributed by atoms with Crippen LogP contribution in [-0.4, -0.2) is 62.0 Å². The van der Waals surface area contributed by atoms with Gasteiger partial charge in [0.1, 0.15) is 0 Å². The Hall–Kier alpha value is -3.52. The quantitative estimate of drug-likeness (QED) is 0.672. The van der Waals surface area contributed by atoms with Crippen LogP contribution in [0.15, 0.2) is 48.5 Å². The van der Waals surface area contributed by atoms with E-state index >= 15 is 0 Å². The Morgan fingerprint density at radius 2 is 1.71 bits per heavy atom. The summed E-state index contributed by atoms with van der Waals surface area (Å²) in [5.41, 5.74) is 5.52. The van der Waals surface area contributed by atoms with Crippen LogP contribution in [-0.2, 0) is 6.54 Å². The van der Waals surface area contributed by atoms with Gasteiger partial charge in [0.15, 0.2) is 0 Å². The Bertz CT molecular complexity index is 1070. The highest BCUT2D eigenvalue weighted by Gasteiger charge is 2.24. The van der Waals surface area contributed by atoms with Gasteiger partial charge in [-0.2, -0.15) is 0 Å². The van der Waals surface area contributed by atoms with Gasteiger partial charge in [-0.25, -0.2) is 4.79 Å². The molecule has 1 amide bonds. The summed E-state index contributed by atoms with van der Waals surface area (Å²) < 4.78 is 0.706. The van der Waals surface area contributed by atoms with Gasteiger partial charge in [-0.1, -0.05) is 35.9 Å².